The lowest BCUT2D eigenvalue weighted by Gasteiger charge is -2.11. The Morgan fingerprint density at radius 3 is 2.81 bits per heavy atom. The lowest BCUT2D eigenvalue weighted by molar-refractivity contribution is -0.145. The van der Waals surface area contributed by atoms with Crippen LogP contribution < -0.4 is 4.74 Å². The Bertz CT molecular complexity index is 736. The molecule has 0 bridgehead atoms. The highest BCUT2D eigenvalue weighted by Gasteiger charge is 2.34. The number of benzene rings is 1. The number of thioether (sulfide) groups is 1. The first-order valence-electron chi connectivity index (χ1n) is 7.78. The average molecular weight is 444 g/mol. The summed E-state index contributed by atoms with van der Waals surface area (Å²) in [6.45, 7) is 2.21. The van der Waals surface area contributed by atoms with Crippen LogP contribution in [0.15, 0.2) is 27.6 Å². The third-order valence-corrected chi connectivity index (χ3v) is 4.70. The number of rotatable bonds is 8. The Hall–Kier alpha value is -1.84. The van der Waals surface area contributed by atoms with Gasteiger partial charge in [0.1, 0.15) is 5.75 Å². The van der Waals surface area contributed by atoms with Crippen molar-refractivity contribution < 1.29 is 28.6 Å². The van der Waals surface area contributed by atoms with Gasteiger partial charge in [-0.3, -0.25) is 14.5 Å². The van der Waals surface area contributed by atoms with E-state index in [1.165, 1.54) is 7.11 Å². The van der Waals surface area contributed by atoms with Crippen LogP contribution in [0.2, 0.25) is 0 Å². The van der Waals surface area contributed by atoms with Gasteiger partial charge in [-0.25, -0.2) is 4.79 Å². The summed E-state index contributed by atoms with van der Waals surface area (Å²) in [6, 6.07) is 5.16. The van der Waals surface area contributed by atoms with Gasteiger partial charge in [-0.1, -0.05) is 15.9 Å². The largest absolute Gasteiger partial charge is 0.481 e. The minimum Gasteiger partial charge on any atom is -0.481 e. The Morgan fingerprint density at radius 2 is 2.12 bits per heavy atom. The molecule has 1 saturated heterocycles. The van der Waals surface area contributed by atoms with Crippen LogP contribution in [0.25, 0.3) is 6.08 Å². The molecule has 0 aliphatic carbocycles. The highest BCUT2D eigenvalue weighted by Crippen LogP contribution is 2.34. The van der Waals surface area contributed by atoms with Gasteiger partial charge in [-0.05, 0) is 43.0 Å². The van der Waals surface area contributed by atoms with Crippen LogP contribution in [0.5, 0.6) is 5.75 Å². The van der Waals surface area contributed by atoms with Crippen molar-refractivity contribution in [3.05, 3.63) is 33.1 Å². The number of hydrogen-bond acceptors (Lipinski definition) is 7. The van der Waals surface area contributed by atoms with Gasteiger partial charge in [-0.15, -0.1) is 0 Å². The molecule has 9 heteroatoms. The number of hydrogen-bond donors (Lipinski definition) is 0. The fourth-order valence-electron chi connectivity index (χ4n) is 2.12. The number of carbonyl (C=O) groups is 3. The highest BCUT2D eigenvalue weighted by atomic mass is 79.9. The van der Waals surface area contributed by atoms with Crippen molar-refractivity contribution in [2.75, 3.05) is 33.5 Å². The van der Waals surface area contributed by atoms with E-state index in [-0.39, 0.29) is 42.4 Å². The Balaban J connectivity index is 2.21. The second-order valence-electron chi connectivity index (χ2n) is 5.10. The van der Waals surface area contributed by atoms with Gasteiger partial charge in [0.25, 0.3) is 11.1 Å². The van der Waals surface area contributed by atoms with Crippen LogP contribution in [0, 0.1) is 0 Å². The summed E-state index contributed by atoms with van der Waals surface area (Å²) in [7, 11) is 1.50. The molecule has 1 heterocycles. The van der Waals surface area contributed by atoms with E-state index in [2.05, 4.69) is 15.9 Å². The third kappa shape index (κ3) is 5.33. The van der Waals surface area contributed by atoms with Crippen LogP contribution in [-0.2, 0) is 19.1 Å². The monoisotopic (exact) mass is 443 g/mol. The van der Waals surface area contributed by atoms with Gasteiger partial charge >= 0.3 is 5.97 Å². The third-order valence-electron chi connectivity index (χ3n) is 3.30. The van der Waals surface area contributed by atoms with E-state index in [0.717, 1.165) is 21.1 Å². The molecule has 0 N–H and O–H groups in total. The van der Waals surface area contributed by atoms with Crippen molar-refractivity contribution >= 4 is 50.9 Å². The zero-order valence-corrected chi connectivity index (χ0v) is 16.7. The fourth-order valence-corrected chi connectivity index (χ4v) is 3.35. The van der Waals surface area contributed by atoms with E-state index >= 15 is 0 Å². The molecule has 2 amide bonds. The van der Waals surface area contributed by atoms with Gasteiger partial charge in [0.05, 0.1) is 24.7 Å². The smallest absolute Gasteiger partial charge is 0.344 e. The number of imide groups is 1. The fraction of sp³-hybridized carbons (Fsp3) is 0.353. The summed E-state index contributed by atoms with van der Waals surface area (Å²) in [5, 5.41) is -0.345. The van der Waals surface area contributed by atoms with Gasteiger partial charge in [0.2, 0.25) is 0 Å². The lowest BCUT2D eigenvalue weighted by atomic mass is 10.2. The molecule has 0 aromatic heterocycles. The highest BCUT2D eigenvalue weighted by molar-refractivity contribution is 9.10. The minimum atomic E-state index is -0.485. The second-order valence-corrected chi connectivity index (χ2v) is 7.01. The van der Waals surface area contributed by atoms with E-state index < -0.39 is 5.97 Å². The van der Waals surface area contributed by atoms with E-state index in [1.807, 2.05) is 0 Å². The molecule has 0 spiro atoms. The molecule has 26 heavy (non-hydrogen) atoms. The topological polar surface area (TPSA) is 82.1 Å². The van der Waals surface area contributed by atoms with Crippen molar-refractivity contribution in [2.45, 2.75) is 6.92 Å². The molecule has 2 rings (SSSR count). The zero-order valence-electron chi connectivity index (χ0n) is 14.3. The number of esters is 1. The number of halogens is 1. The molecule has 7 nitrogen and oxygen atoms in total. The molecular formula is C17H18BrNO6S. The van der Waals surface area contributed by atoms with Crippen LogP contribution in [0.1, 0.15) is 12.5 Å². The predicted octanol–water partition coefficient (Wildman–Crippen LogP) is 3.07. The van der Waals surface area contributed by atoms with Gasteiger partial charge in [-0.2, -0.15) is 0 Å². The molecule has 1 aliphatic rings. The first kappa shape index (κ1) is 20.5. The molecule has 0 atom stereocenters. The summed E-state index contributed by atoms with van der Waals surface area (Å²) in [4.78, 5) is 37.3. The average Bonchev–Trinajstić information content (AvgIpc) is 2.86. The standard InChI is InChI=1S/C17H18BrNO6S/c1-3-24-15(20)10-25-13-5-4-12(18)8-11(13)9-14-16(21)19(6-7-23-2)17(22)26-14/h4-5,8-9H,3,6-7,10H2,1-2H3/b14-9+. The maximum atomic E-state index is 12.4. The first-order chi connectivity index (χ1) is 12.5. The number of methoxy groups -OCH3 is 1. The van der Waals surface area contributed by atoms with Crippen LogP contribution in [0.3, 0.4) is 0 Å². The lowest BCUT2D eigenvalue weighted by Crippen LogP contribution is -2.31. The van der Waals surface area contributed by atoms with Gasteiger partial charge in [0, 0.05) is 17.1 Å². The van der Waals surface area contributed by atoms with Crippen molar-refractivity contribution in [3.8, 4) is 5.75 Å². The number of nitrogens with zero attached hydrogens (tertiary/aromatic N) is 1. The number of carbonyl (C=O) groups excluding carboxylic acids is 3. The molecule has 0 saturated carbocycles. The Morgan fingerprint density at radius 1 is 1.35 bits per heavy atom. The first-order valence-corrected chi connectivity index (χ1v) is 9.39. The number of ether oxygens (including phenoxy) is 3. The van der Waals surface area contributed by atoms with Crippen LogP contribution >= 0.6 is 27.7 Å². The normalized spacial score (nSPS) is 15.7. The molecule has 1 aromatic rings. The maximum Gasteiger partial charge on any atom is 0.344 e. The predicted molar refractivity (Wildman–Crippen MR) is 101 cm³/mol. The summed E-state index contributed by atoms with van der Waals surface area (Å²) >= 11 is 4.22. The van der Waals surface area contributed by atoms with E-state index in [9.17, 15) is 14.4 Å². The van der Waals surface area contributed by atoms with Gasteiger partial charge < -0.3 is 14.2 Å². The quantitative estimate of drug-likeness (QED) is 0.450. The summed E-state index contributed by atoms with van der Waals surface area (Å²) < 4.78 is 16.0. The summed E-state index contributed by atoms with van der Waals surface area (Å²) in [5.41, 5.74) is 0.570. The molecule has 0 radical (unpaired) electrons. The molecule has 1 aromatic carbocycles. The Labute approximate surface area is 163 Å². The SMILES string of the molecule is CCOC(=O)COc1ccc(Br)cc1/C=C1/SC(=O)N(CCOC)C1=O. The van der Waals surface area contributed by atoms with E-state index in [0.29, 0.717) is 11.3 Å². The molecule has 1 fully saturated rings. The van der Waals surface area contributed by atoms with Crippen molar-refractivity contribution in [2.24, 2.45) is 0 Å². The van der Waals surface area contributed by atoms with Crippen LogP contribution in [-0.4, -0.2) is 55.5 Å². The zero-order chi connectivity index (χ0) is 19.1. The van der Waals surface area contributed by atoms with Crippen molar-refractivity contribution in [1.29, 1.82) is 0 Å². The Kier molecular flexibility index (Phi) is 7.67. The molecule has 0 unspecified atom stereocenters. The maximum absolute atomic E-state index is 12.4. The van der Waals surface area contributed by atoms with E-state index in [1.54, 1.807) is 31.2 Å². The van der Waals surface area contributed by atoms with Crippen molar-refractivity contribution in [1.82, 2.24) is 4.90 Å². The molecule has 140 valence electrons. The van der Waals surface area contributed by atoms with Crippen molar-refractivity contribution in [3.63, 3.8) is 0 Å². The molecular weight excluding hydrogens is 426 g/mol. The van der Waals surface area contributed by atoms with E-state index in [4.69, 9.17) is 14.2 Å². The number of amides is 2. The summed E-state index contributed by atoms with van der Waals surface area (Å²) in [6.07, 6.45) is 1.57. The minimum absolute atomic E-state index is 0.198. The summed E-state index contributed by atoms with van der Waals surface area (Å²) in [5.74, 6) is -0.459. The second kappa shape index (κ2) is 9.75. The van der Waals surface area contributed by atoms with Crippen LogP contribution in [0.4, 0.5) is 4.79 Å². The van der Waals surface area contributed by atoms with Gasteiger partial charge in [0.15, 0.2) is 6.61 Å². The molecule has 1 aliphatic heterocycles.